The van der Waals surface area contributed by atoms with Gasteiger partial charge in [-0.3, -0.25) is 0 Å². The van der Waals surface area contributed by atoms with Gasteiger partial charge in [0.05, 0.1) is 15.6 Å². The number of aryl methyl sites for hydroxylation is 3. The van der Waals surface area contributed by atoms with Crippen molar-refractivity contribution in [3.8, 4) is 11.3 Å². The standard InChI is InChI=1S/C21H22BrNO2S2/c1-14-11-18(15(2)10-17(14)8-9-22)12-21-23-20(13-26-21)16-4-6-19(7-5-16)27(3,24)25/h4-7,10-11,13H,8-9,12H2,1-3H3. The molecule has 1 aromatic heterocycles. The third-order valence-electron chi connectivity index (χ3n) is 4.63. The topological polar surface area (TPSA) is 47.0 Å². The third-order valence-corrected chi connectivity index (χ3v) is 7.00. The number of rotatable bonds is 6. The summed E-state index contributed by atoms with van der Waals surface area (Å²) in [5.74, 6) is 0. The molecule has 0 bridgehead atoms. The summed E-state index contributed by atoms with van der Waals surface area (Å²) in [6, 6.07) is 11.5. The van der Waals surface area contributed by atoms with Crippen LogP contribution in [0.4, 0.5) is 0 Å². The van der Waals surface area contributed by atoms with Crippen LogP contribution in [0.15, 0.2) is 46.7 Å². The Morgan fingerprint density at radius 1 is 1.04 bits per heavy atom. The average molecular weight is 464 g/mol. The van der Waals surface area contributed by atoms with Gasteiger partial charge < -0.3 is 0 Å². The number of benzene rings is 2. The molecular formula is C21H22BrNO2S2. The minimum absolute atomic E-state index is 0.330. The van der Waals surface area contributed by atoms with E-state index in [4.69, 9.17) is 4.98 Å². The van der Waals surface area contributed by atoms with Crippen LogP contribution in [-0.4, -0.2) is 25.0 Å². The molecule has 3 aromatic rings. The van der Waals surface area contributed by atoms with Crippen LogP contribution in [0.2, 0.25) is 0 Å². The lowest BCUT2D eigenvalue weighted by atomic mass is 9.97. The van der Waals surface area contributed by atoms with E-state index in [1.807, 2.05) is 17.5 Å². The van der Waals surface area contributed by atoms with Crippen LogP contribution in [0.5, 0.6) is 0 Å². The Hall–Kier alpha value is -1.50. The lowest BCUT2D eigenvalue weighted by Crippen LogP contribution is -1.98. The molecule has 0 fully saturated rings. The molecule has 0 atom stereocenters. The monoisotopic (exact) mass is 463 g/mol. The van der Waals surface area contributed by atoms with Crippen LogP contribution < -0.4 is 0 Å². The lowest BCUT2D eigenvalue weighted by Gasteiger charge is -2.10. The second-order valence-electron chi connectivity index (χ2n) is 6.74. The van der Waals surface area contributed by atoms with Gasteiger partial charge in [0.25, 0.3) is 0 Å². The highest BCUT2D eigenvalue weighted by Crippen LogP contribution is 2.26. The molecule has 3 rings (SSSR count). The fourth-order valence-corrected chi connectivity index (χ4v) is 4.94. The van der Waals surface area contributed by atoms with E-state index in [0.717, 1.165) is 34.4 Å². The summed E-state index contributed by atoms with van der Waals surface area (Å²) in [5, 5.41) is 4.07. The van der Waals surface area contributed by atoms with Gasteiger partial charge in [-0.25, -0.2) is 13.4 Å². The van der Waals surface area contributed by atoms with Gasteiger partial charge in [-0.1, -0.05) is 40.2 Å². The normalized spacial score (nSPS) is 11.7. The molecule has 1 heterocycles. The van der Waals surface area contributed by atoms with Gasteiger partial charge in [-0.05, 0) is 54.7 Å². The predicted octanol–water partition coefficient (Wildman–Crippen LogP) is 5.36. The Bertz CT molecular complexity index is 1050. The predicted molar refractivity (Wildman–Crippen MR) is 117 cm³/mol. The number of thiazole rings is 1. The van der Waals surface area contributed by atoms with Gasteiger partial charge in [0.15, 0.2) is 9.84 Å². The van der Waals surface area contributed by atoms with Crippen molar-refractivity contribution in [1.82, 2.24) is 4.98 Å². The molecule has 0 N–H and O–H groups in total. The van der Waals surface area contributed by atoms with Crippen LogP contribution >= 0.6 is 27.3 Å². The Morgan fingerprint density at radius 3 is 2.30 bits per heavy atom. The third kappa shape index (κ3) is 4.86. The van der Waals surface area contributed by atoms with Crippen molar-refractivity contribution in [2.45, 2.75) is 31.6 Å². The van der Waals surface area contributed by atoms with Gasteiger partial charge in [0.2, 0.25) is 0 Å². The molecular weight excluding hydrogens is 442 g/mol. The SMILES string of the molecule is Cc1cc(Cc2nc(-c3ccc(S(C)(=O)=O)cc3)cs2)c(C)cc1CCBr. The average Bonchev–Trinajstić information content (AvgIpc) is 3.07. The Kier molecular flexibility index (Phi) is 6.18. The van der Waals surface area contributed by atoms with E-state index >= 15 is 0 Å². The van der Waals surface area contributed by atoms with E-state index in [-0.39, 0.29) is 0 Å². The van der Waals surface area contributed by atoms with Gasteiger partial charge >= 0.3 is 0 Å². The highest BCUT2D eigenvalue weighted by molar-refractivity contribution is 9.09. The van der Waals surface area contributed by atoms with Crippen LogP contribution in [0.25, 0.3) is 11.3 Å². The molecule has 0 spiro atoms. The van der Waals surface area contributed by atoms with Crippen molar-refractivity contribution in [2.24, 2.45) is 0 Å². The highest BCUT2D eigenvalue weighted by Gasteiger charge is 2.11. The zero-order chi connectivity index (χ0) is 19.6. The minimum Gasteiger partial charge on any atom is -0.241 e. The molecule has 0 saturated heterocycles. The van der Waals surface area contributed by atoms with E-state index in [9.17, 15) is 8.42 Å². The van der Waals surface area contributed by atoms with Crippen molar-refractivity contribution in [3.63, 3.8) is 0 Å². The van der Waals surface area contributed by atoms with Crippen molar-refractivity contribution in [1.29, 1.82) is 0 Å². The highest BCUT2D eigenvalue weighted by atomic mass is 79.9. The summed E-state index contributed by atoms with van der Waals surface area (Å²) < 4.78 is 23.2. The summed E-state index contributed by atoms with van der Waals surface area (Å²) in [4.78, 5) is 5.09. The molecule has 3 nitrogen and oxygen atoms in total. The maximum Gasteiger partial charge on any atom is 0.175 e. The largest absolute Gasteiger partial charge is 0.241 e. The van der Waals surface area contributed by atoms with Crippen molar-refractivity contribution >= 4 is 37.1 Å². The number of sulfone groups is 1. The Balaban J connectivity index is 1.81. The first-order chi connectivity index (χ1) is 12.8. The maximum absolute atomic E-state index is 11.6. The van der Waals surface area contributed by atoms with Crippen molar-refractivity contribution in [2.75, 3.05) is 11.6 Å². The fourth-order valence-electron chi connectivity index (χ4n) is 3.06. The van der Waals surface area contributed by atoms with E-state index in [1.165, 1.54) is 28.5 Å². The second kappa shape index (κ2) is 8.25. The minimum atomic E-state index is -3.17. The summed E-state index contributed by atoms with van der Waals surface area (Å²) >= 11 is 5.16. The quantitative estimate of drug-likeness (QED) is 0.462. The maximum atomic E-state index is 11.6. The molecule has 27 heavy (non-hydrogen) atoms. The fraction of sp³-hybridized carbons (Fsp3) is 0.286. The van der Waals surface area contributed by atoms with Crippen LogP contribution in [0, 0.1) is 13.8 Å². The zero-order valence-corrected chi connectivity index (χ0v) is 18.8. The number of hydrogen-bond acceptors (Lipinski definition) is 4. The number of aromatic nitrogens is 1. The van der Waals surface area contributed by atoms with Gasteiger partial charge in [0.1, 0.15) is 0 Å². The molecule has 0 radical (unpaired) electrons. The van der Waals surface area contributed by atoms with Crippen molar-refractivity contribution < 1.29 is 8.42 Å². The Labute approximate surface area is 173 Å². The summed E-state index contributed by atoms with van der Waals surface area (Å²) in [6.45, 7) is 4.32. The van der Waals surface area contributed by atoms with Crippen LogP contribution in [0.3, 0.4) is 0 Å². The first-order valence-corrected chi connectivity index (χ1v) is 12.6. The summed E-state index contributed by atoms with van der Waals surface area (Å²) in [7, 11) is -3.17. The van der Waals surface area contributed by atoms with E-state index in [0.29, 0.717) is 4.90 Å². The molecule has 0 aliphatic heterocycles. The van der Waals surface area contributed by atoms with Crippen LogP contribution in [-0.2, 0) is 22.7 Å². The van der Waals surface area contributed by atoms with Crippen molar-refractivity contribution in [3.05, 3.63) is 69.0 Å². The first kappa shape index (κ1) is 20.2. The molecule has 0 saturated carbocycles. The van der Waals surface area contributed by atoms with E-state index < -0.39 is 9.84 Å². The number of halogens is 1. The van der Waals surface area contributed by atoms with Gasteiger partial charge in [-0.15, -0.1) is 11.3 Å². The molecule has 6 heteroatoms. The van der Waals surface area contributed by atoms with Gasteiger partial charge in [0, 0.05) is 29.0 Å². The van der Waals surface area contributed by atoms with E-state index in [2.05, 4.69) is 41.9 Å². The first-order valence-electron chi connectivity index (χ1n) is 8.68. The molecule has 142 valence electrons. The van der Waals surface area contributed by atoms with Crippen LogP contribution in [0.1, 0.15) is 27.3 Å². The lowest BCUT2D eigenvalue weighted by molar-refractivity contribution is 0.602. The molecule has 2 aromatic carbocycles. The summed E-state index contributed by atoms with van der Waals surface area (Å²) in [6.07, 6.45) is 3.07. The second-order valence-corrected chi connectivity index (χ2v) is 10.5. The zero-order valence-electron chi connectivity index (χ0n) is 15.6. The smallest absolute Gasteiger partial charge is 0.175 e. The molecule has 0 unspecified atom stereocenters. The number of nitrogens with zero attached hydrogens (tertiary/aromatic N) is 1. The number of alkyl halides is 1. The van der Waals surface area contributed by atoms with E-state index in [1.54, 1.807) is 23.5 Å². The molecule has 0 aliphatic carbocycles. The molecule has 0 amide bonds. The van der Waals surface area contributed by atoms with Gasteiger partial charge in [-0.2, -0.15) is 0 Å². The Morgan fingerprint density at radius 2 is 1.67 bits per heavy atom. The summed E-state index contributed by atoms with van der Waals surface area (Å²) in [5.41, 5.74) is 7.14. The molecule has 0 aliphatic rings. The number of hydrogen-bond donors (Lipinski definition) is 0.